The number of aryl methyl sites for hydroxylation is 1. The van der Waals surface area contributed by atoms with Crippen LogP contribution in [-0.2, 0) is 24.2 Å². The molecule has 0 aliphatic carbocycles. The molecule has 1 N–H and O–H groups in total. The van der Waals surface area contributed by atoms with Crippen molar-refractivity contribution in [2.24, 2.45) is 0 Å². The van der Waals surface area contributed by atoms with Gasteiger partial charge >= 0.3 is 5.69 Å². The molecule has 6 rings (SSSR count). The first-order valence-corrected chi connectivity index (χ1v) is 20.1. The van der Waals surface area contributed by atoms with Crippen LogP contribution in [0.2, 0.25) is 0 Å². The lowest BCUT2D eigenvalue weighted by Crippen LogP contribution is -2.38. The minimum atomic E-state index is -3.51. The van der Waals surface area contributed by atoms with Crippen molar-refractivity contribution in [3.8, 4) is 11.5 Å². The predicted octanol–water partition coefficient (Wildman–Crippen LogP) is 7.07. The van der Waals surface area contributed by atoms with Crippen LogP contribution in [0.25, 0.3) is 0 Å². The normalized spacial score (nSPS) is 18.3. The van der Waals surface area contributed by atoms with E-state index in [2.05, 4.69) is 4.98 Å². The highest BCUT2D eigenvalue weighted by atomic mass is 32.7. The van der Waals surface area contributed by atoms with Crippen LogP contribution in [0, 0.1) is 17.0 Å². The standard InChI is InChI=1S/C38H38N3O10PS/c1-25-23-40(37(43)39-36(25)42)35-22-33(51-52(4,46)53-32-20-14-29(15-21-32)41(44)45)34(50-35)24-49-38(26-8-6-5-7-9-26,27-10-16-30(47-2)17-11-27)28-12-18-31(48-3)19-13-28/h5-21,23,33-35H,22,24H2,1-4H3,(H,39,42,43)/t33-,34+,35+,52?/m0/s1. The summed E-state index contributed by atoms with van der Waals surface area (Å²) in [6, 6.07) is 30.5. The lowest BCUT2D eigenvalue weighted by Gasteiger charge is -2.37. The van der Waals surface area contributed by atoms with Crippen molar-refractivity contribution < 1.29 is 33.0 Å². The van der Waals surface area contributed by atoms with E-state index >= 15 is 0 Å². The number of ether oxygens (including phenoxy) is 4. The van der Waals surface area contributed by atoms with Gasteiger partial charge in [0, 0.05) is 41.9 Å². The number of nitro groups is 1. The summed E-state index contributed by atoms with van der Waals surface area (Å²) in [7, 11) is 3.18. The third-order valence-corrected chi connectivity index (χ3v) is 12.3. The van der Waals surface area contributed by atoms with Gasteiger partial charge in [0.15, 0.2) is 0 Å². The topological polar surface area (TPSA) is 161 Å². The number of methoxy groups -OCH3 is 2. The van der Waals surface area contributed by atoms with E-state index in [0.717, 1.165) is 28.1 Å². The van der Waals surface area contributed by atoms with Crippen LogP contribution < -0.4 is 20.7 Å². The minimum Gasteiger partial charge on any atom is -0.497 e. The van der Waals surface area contributed by atoms with Gasteiger partial charge in [-0.15, -0.1) is 0 Å². The van der Waals surface area contributed by atoms with E-state index in [1.807, 2.05) is 78.9 Å². The summed E-state index contributed by atoms with van der Waals surface area (Å²) in [5.74, 6) is 1.32. The molecule has 1 aromatic heterocycles. The molecule has 2 heterocycles. The molecule has 5 aromatic rings. The van der Waals surface area contributed by atoms with E-state index in [1.54, 1.807) is 21.1 Å². The Morgan fingerprint density at radius 2 is 1.47 bits per heavy atom. The van der Waals surface area contributed by atoms with E-state index in [0.29, 0.717) is 22.0 Å². The molecule has 1 aliphatic heterocycles. The maximum Gasteiger partial charge on any atom is 0.330 e. The molecule has 4 aromatic carbocycles. The number of hydrogen-bond acceptors (Lipinski definition) is 11. The van der Waals surface area contributed by atoms with Crippen LogP contribution in [0.1, 0.15) is 34.9 Å². The van der Waals surface area contributed by atoms with E-state index in [-0.39, 0.29) is 18.7 Å². The van der Waals surface area contributed by atoms with Crippen LogP contribution in [-0.4, -0.2) is 54.2 Å². The van der Waals surface area contributed by atoms with Crippen molar-refractivity contribution in [2.75, 3.05) is 27.5 Å². The minimum absolute atomic E-state index is 0.0899. The van der Waals surface area contributed by atoms with E-state index in [4.69, 9.17) is 23.5 Å². The summed E-state index contributed by atoms with van der Waals surface area (Å²) in [6.45, 7) is -0.553. The summed E-state index contributed by atoms with van der Waals surface area (Å²) in [6.07, 6.45) is -1.08. The van der Waals surface area contributed by atoms with Crippen LogP contribution in [0.5, 0.6) is 11.5 Å². The van der Waals surface area contributed by atoms with E-state index in [1.165, 1.54) is 41.7 Å². The van der Waals surface area contributed by atoms with Crippen molar-refractivity contribution >= 4 is 23.6 Å². The van der Waals surface area contributed by atoms with Crippen molar-refractivity contribution in [1.29, 1.82) is 0 Å². The SMILES string of the molecule is COc1ccc(C(OC[C@H]2O[C@@H](n3cc(C)c(=O)[nH]c3=O)C[C@@H]2OP(C)(=O)Sc2ccc([N+](=O)[O-])cc2)(c2ccccc2)c2ccc(OC)cc2)cc1. The molecule has 0 amide bonds. The number of nitrogens with zero attached hydrogens (tertiary/aromatic N) is 2. The molecule has 53 heavy (non-hydrogen) atoms. The van der Waals surface area contributed by atoms with Crippen LogP contribution >= 0.6 is 18.0 Å². The van der Waals surface area contributed by atoms with E-state index < -0.39 is 46.8 Å². The van der Waals surface area contributed by atoms with Crippen LogP contribution in [0.4, 0.5) is 5.69 Å². The zero-order chi connectivity index (χ0) is 37.8. The van der Waals surface area contributed by atoms with Gasteiger partial charge in [-0.05, 0) is 71.4 Å². The number of nitro benzene ring substituents is 1. The number of aromatic amines is 1. The number of H-pyrrole nitrogens is 1. The molecule has 13 nitrogen and oxygen atoms in total. The van der Waals surface area contributed by atoms with Crippen molar-refractivity contribution in [3.05, 3.63) is 163 Å². The summed E-state index contributed by atoms with van der Waals surface area (Å²) in [5.41, 5.74) is 0.200. The molecule has 1 saturated heterocycles. The fourth-order valence-corrected chi connectivity index (χ4v) is 9.67. The fourth-order valence-electron chi connectivity index (χ4n) is 6.30. The first-order chi connectivity index (χ1) is 25.4. The number of aromatic nitrogens is 2. The monoisotopic (exact) mass is 759 g/mol. The van der Waals surface area contributed by atoms with Crippen molar-refractivity contribution in [3.63, 3.8) is 0 Å². The average molecular weight is 760 g/mol. The van der Waals surface area contributed by atoms with Gasteiger partial charge in [0.1, 0.15) is 29.4 Å². The van der Waals surface area contributed by atoms with E-state index in [9.17, 15) is 24.3 Å². The maximum atomic E-state index is 14.1. The first kappa shape index (κ1) is 37.8. The summed E-state index contributed by atoms with van der Waals surface area (Å²) in [4.78, 5) is 38.7. The lowest BCUT2D eigenvalue weighted by molar-refractivity contribution is -0.384. The van der Waals surface area contributed by atoms with Crippen LogP contribution in [0.3, 0.4) is 0 Å². The Morgan fingerprint density at radius 3 is 2.02 bits per heavy atom. The molecule has 0 radical (unpaired) electrons. The number of benzene rings is 4. The number of nitrogens with one attached hydrogen (secondary N) is 1. The zero-order valence-corrected chi connectivity index (χ0v) is 31.1. The second-order valence-corrected chi connectivity index (χ2v) is 17.4. The molecule has 0 spiro atoms. The lowest BCUT2D eigenvalue weighted by atomic mass is 9.80. The molecule has 1 unspecified atom stereocenters. The fraction of sp³-hybridized carbons (Fsp3) is 0.263. The largest absolute Gasteiger partial charge is 0.497 e. The average Bonchev–Trinajstić information content (AvgIpc) is 3.55. The highest BCUT2D eigenvalue weighted by Crippen LogP contribution is 2.62. The van der Waals surface area contributed by atoms with Gasteiger partial charge < -0.3 is 23.5 Å². The van der Waals surface area contributed by atoms with Crippen molar-refractivity contribution in [2.45, 2.75) is 42.3 Å². The molecule has 276 valence electrons. The first-order valence-electron chi connectivity index (χ1n) is 16.6. The molecule has 15 heteroatoms. The Morgan fingerprint density at radius 1 is 0.906 bits per heavy atom. The molecule has 0 bridgehead atoms. The highest BCUT2D eigenvalue weighted by molar-refractivity contribution is 8.56. The maximum absolute atomic E-state index is 14.1. The van der Waals surface area contributed by atoms with Gasteiger partial charge in [-0.2, -0.15) is 0 Å². The number of hydrogen-bond donors (Lipinski definition) is 1. The predicted molar refractivity (Wildman–Crippen MR) is 200 cm³/mol. The van der Waals surface area contributed by atoms with Gasteiger partial charge in [-0.25, -0.2) is 4.79 Å². The molecular formula is C38H38N3O10PS. The van der Waals surface area contributed by atoms with Gasteiger partial charge in [0.2, 0.25) is 0 Å². The molecule has 4 atom stereocenters. The van der Waals surface area contributed by atoms with Gasteiger partial charge in [0.05, 0.1) is 31.9 Å². The zero-order valence-electron chi connectivity index (χ0n) is 29.4. The summed E-state index contributed by atoms with van der Waals surface area (Å²) >= 11 is 0.956. The van der Waals surface area contributed by atoms with Gasteiger partial charge in [-0.3, -0.25) is 29.0 Å². The Kier molecular flexibility index (Phi) is 11.4. The summed E-state index contributed by atoms with van der Waals surface area (Å²) < 4.78 is 46.2. The quantitative estimate of drug-likeness (QED) is 0.0534. The van der Waals surface area contributed by atoms with Gasteiger partial charge in [-0.1, -0.05) is 54.6 Å². The smallest absolute Gasteiger partial charge is 0.330 e. The van der Waals surface area contributed by atoms with Crippen LogP contribution in [0.15, 0.2) is 124 Å². The highest BCUT2D eigenvalue weighted by Gasteiger charge is 2.44. The third-order valence-electron chi connectivity index (χ3n) is 8.92. The second kappa shape index (κ2) is 15.9. The number of non-ortho nitro benzene ring substituents is 1. The molecular weight excluding hydrogens is 721 g/mol. The molecule has 0 saturated carbocycles. The summed E-state index contributed by atoms with van der Waals surface area (Å²) in [5, 5.41) is 11.2. The molecule has 1 fully saturated rings. The Balaban J connectivity index is 1.39. The van der Waals surface area contributed by atoms with Gasteiger partial charge in [0.25, 0.3) is 17.8 Å². The Labute approximate surface area is 309 Å². The Bertz CT molecular complexity index is 2160. The molecule has 1 aliphatic rings. The number of rotatable bonds is 14. The second-order valence-electron chi connectivity index (χ2n) is 12.4. The Hall–Kier alpha value is -4.98. The van der Waals surface area contributed by atoms with Crippen molar-refractivity contribution in [1.82, 2.24) is 9.55 Å². The third kappa shape index (κ3) is 8.32.